The van der Waals surface area contributed by atoms with Crippen LogP contribution < -0.4 is 15.1 Å². The molecule has 0 saturated carbocycles. The van der Waals surface area contributed by atoms with Gasteiger partial charge in [0.05, 0.1) is 5.69 Å². The monoisotopic (exact) mass is 800 g/mol. The molecule has 0 bridgehead atoms. The Kier molecular flexibility index (Phi) is 8.48. The van der Waals surface area contributed by atoms with Crippen LogP contribution in [0.15, 0.2) is 127 Å². The van der Waals surface area contributed by atoms with E-state index in [9.17, 15) is 0 Å². The molecule has 2 nitrogen and oxygen atoms in total. The molecule has 0 amide bonds. The van der Waals surface area contributed by atoms with E-state index in [1.165, 1.54) is 104 Å². The lowest BCUT2D eigenvalue weighted by Gasteiger charge is -2.41. The highest BCUT2D eigenvalue weighted by Crippen LogP contribution is 2.53. The number of thiophene rings is 1. The Hall–Kier alpha value is -5.32. The van der Waals surface area contributed by atoms with Gasteiger partial charge in [0.1, 0.15) is 0 Å². The van der Waals surface area contributed by atoms with E-state index in [1.807, 2.05) is 11.3 Å². The fraction of sp³-hybridized carbons (Fsp3) is 0.286. The van der Waals surface area contributed by atoms with Gasteiger partial charge in [-0.15, -0.1) is 11.3 Å². The predicted molar refractivity (Wildman–Crippen MR) is 264 cm³/mol. The van der Waals surface area contributed by atoms with Gasteiger partial charge in [-0.25, -0.2) is 0 Å². The average molecular weight is 801 g/mol. The van der Waals surface area contributed by atoms with E-state index in [4.69, 9.17) is 0 Å². The van der Waals surface area contributed by atoms with Crippen molar-refractivity contribution in [3.63, 3.8) is 0 Å². The maximum absolute atomic E-state index is 2.77. The second-order valence-corrected chi connectivity index (χ2v) is 22.6. The van der Waals surface area contributed by atoms with Gasteiger partial charge in [-0.2, -0.15) is 0 Å². The minimum absolute atomic E-state index is 0.00748. The van der Waals surface area contributed by atoms with E-state index in [0.29, 0.717) is 0 Å². The van der Waals surface area contributed by atoms with Crippen molar-refractivity contribution in [2.75, 3.05) is 4.90 Å². The summed E-state index contributed by atoms with van der Waals surface area (Å²) in [5.74, 6) is 0. The first kappa shape index (κ1) is 38.9. The van der Waals surface area contributed by atoms with Crippen molar-refractivity contribution in [1.82, 2.24) is 4.48 Å². The summed E-state index contributed by atoms with van der Waals surface area (Å²) in [5.41, 5.74) is 19.6. The fourth-order valence-corrected chi connectivity index (χ4v) is 11.0. The number of fused-ring (bicyclic) bond motifs is 6. The number of anilines is 3. The van der Waals surface area contributed by atoms with Gasteiger partial charge in [0, 0.05) is 54.0 Å². The molecule has 0 fully saturated rings. The van der Waals surface area contributed by atoms with Crippen molar-refractivity contribution in [2.45, 2.75) is 105 Å². The third-order valence-electron chi connectivity index (χ3n) is 13.2. The SMILES string of the molecule is CC(C)(C)c1ccc(N2c3cc(C(C)(C)C)cc4c3B(c3sc5ccc(C(C)(C)C)cc5c32)n2c(-c3ccccc3)c(-c3ccccc3)c3cc(C(C)(C)C)cc-4c32)cc1. The van der Waals surface area contributed by atoms with Crippen LogP contribution in [-0.2, 0) is 21.7 Å². The molecule has 300 valence electrons. The Morgan fingerprint density at radius 1 is 0.483 bits per heavy atom. The number of benzene rings is 6. The summed E-state index contributed by atoms with van der Waals surface area (Å²) >= 11 is 1.99. The number of nitrogens with zero attached hydrogens (tertiary/aromatic N) is 2. The maximum Gasteiger partial charge on any atom is 0.343 e. The van der Waals surface area contributed by atoms with E-state index in [1.54, 1.807) is 0 Å². The molecule has 0 unspecified atom stereocenters. The van der Waals surface area contributed by atoms with Gasteiger partial charge >= 0.3 is 6.85 Å². The highest BCUT2D eigenvalue weighted by molar-refractivity contribution is 7.31. The van der Waals surface area contributed by atoms with Crippen molar-refractivity contribution in [3.05, 3.63) is 150 Å². The normalized spacial score (nSPS) is 13.9. The summed E-state index contributed by atoms with van der Waals surface area (Å²) in [6.07, 6.45) is 0. The molecule has 4 heteroatoms. The van der Waals surface area contributed by atoms with Gasteiger partial charge in [0.2, 0.25) is 0 Å². The maximum atomic E-state index is 2.77. The van der Waals surface area contributed by atoms with Crippen molar-refractivity contribution in [3.8, 4) is 33.5 Å². The lowest BCUT2D eigenvalue weighted by molar-refractivity contribution is 0.589. The molecular weight excluding hydrogens is 744 g/mol. The highest BCUT2D eigenvalue weighted by Gasteiger charge is 2.47. The third kappa shape index (κ3) is 5.96. The standard InChI is InChI=1S/C56H57BN2S/c1-53(2,3)36-23-26-40(27-24-36)58-45-33-39(56(10,11)12)30-41-42-31-38(55(7,8)9)32-44-47(34-19-15-13-16-20-34)49(35-21-17-14-18-22-35)59(50(42)44)57(48(41)45)52-51(58)43-29-37(54(4,5)6)25-28-46(43)60-52/h13-33H,1-12H3. The van der Waals surface area contributed by atoms with Gasteiger partial charge < -0.3 is 9.38 Å². The Bertz CT molecular complexity index is 2990. The quantitative estimate of drug-likeness (QED) is 0.162. The van der Waals surface area contributed by atoms with Crippen LogP contribution >= 0.6 is 11.3 Å². The molecule has 2 aliphatic heterocycles. The van der Waals surface area contributed by atoms with E-state index >= 15 is 0 Å². The first-order chi connectivity index (χ1) is 28.3. The smallest absolute Gasteiger partial charge is 0.343 e. The fourth-order valence-electron chi connectivity index (χ4n) is 9.75. The van der Waals surface area contributed by atoms with E-state index < -0.39 is 0 Å². The minimum atomic E-state index is -0.0796. The largest absolute Gasteiger partial charge is 0.374 e. The van der Waals surface area contributed by atoms with E-state index in [-0.39, 0.29) is 28.5 Å². The van der Waals surface area contributed by atoms with Crippen LogP contribution in [0.3, 0.4) is 0 Å². The van der Waals surface area contributed by atoms with Gasteiger partial charge in [-0.3, -0.25) is 0 Å². The Morgan fingerprint density at radius 2 is 1.02 bits per heavy atom. The van der Waals surface area contributed by atoms with Gasteiger partial charge in [0.15, 0.2) is 0 Å². The zero-order valence-electron chi connectivity index (χ0n) is 37.5. The molecule has 60 heavy (non-hydrogen) atoms. The predicted octanol–water partition coefficient (Wildman–Crippen LogP) is 14.8. The second-order valence-electron chi connectivity index (χ2n) is 21.5. The molecule has 0 N–H and O–H groups in total. The van der Waals surface area contributed by atoms with Crippen LogP contribution in [0.4, 0.5) is 17.1 Å². The minimum Gasteiger partial charge on any atom is -0.374 e. The summed E-state index contributed by atoms with van der Waals surface area (Å²) in [4.78, 5) is 2.65. The molecule has 2 aromatic heterocycles. The first-order valence-corrected chi connectivity index (χ1v) is 22.6. The zero-order chi connectivity index (χ0) is 42.3. The van der Waals surface area contributed by atoms with Gasteiger partial charge in [0.25, 0.3) is 0 Å². The van der Waals surface area contributed by atoms with Crippen LogP contribution in [0.2, 0.25) is 0 Å². The number of hydrogen-bond acceptors (Lipinski definition) is 2. The van der Waals surface area contributed by atoms with Crippen LogP contribution in [0.1, 0.15) is 105 Å². The van der Waals surface area contributed by atoms with E-state index in [0.717, 1.165) is 0 Å². The topological polar surface area (TPSA) is 8.17 Å². The summed E-state index contributed by atoms with van der Waals surface area (Å²) < 4.78 is 5.50. The Balaban J connectivity index is 1.43. The number of aromatic nitrogens is 1. The molecule has 0 spiro atoms. The molecular formula is C56H57BN2S. The molecule has 6 aromatic carbocycles. The zero-order valence-corrected chi connectivity index (χ0v) is 38.3. The van der Waals surface area contributed by atoms with Crippen molar-refractivity contribution in [1.29, 1.82) is 0 Å². The highest BCUT2D eigenvalue weighted by atomic mass is 32.1. The molecule has 0 atom stereocenters. The van der Waals surface area contributed by atoms with Crippen LogP contribution in [0.5, 0.6) is 0 Å². The Labute approximate surface area is 362 Å². The van der Waals surface area contributed by atoms with Crippen molar-refractivity contribution in [2.24, 2.45) is 0 Å². The summed E-state index contributed by atoms with van der Waals surface area (Å²) in [7, 11) is 0. The lowest BCUT2D eigenvalue weighted by Crippen LogP contribution is -2.56. The molecule has 2 aliphatic rings. The van der Waals surface area contributed by atoms with Crippen molar-refractivity contribution >= 4 is 66.5 Å². The first-order valence-electron chi connectivity index (χ1n) is 21.8. The molecule has 0 radical (unpaired) electrons. The number of rotatable bonds is 3. The summed E-state index contributed by atoms with van der Waals surface area (Å²) in [5, 5.41) is 2.66. The summed E-state index contributed by atoms with van der Waals surface area (Å²) in [6, 6.07) is 49.3. The lowest BCUT2D eigenvalue weighted by atomic mass is 9.48. The molecule has 8 aromatic rings. The van der Waals surface area contributed by atoms with Crippen LogP contribution in [-0.4, -0.2) is 11.3 Å². The van der Waals surface area contributed by atoms with Gasteiger partial charge in [-0.1, -0.05) is 168 Å². The Morgan fingerprint density at radius 3 is 1.62 bits per heavy atom. The third-order valence-corrected chi connectivity index (χ3v) is 14.4. The van der Waals surface area contributed by atoms with E-state index in [2.05, 4.69) is 220 Å². The summed E-state index contributed by atoms with van der Waals surface area (Å²) in [6.45, 7) is 28.1. The average Bonchev–Trinajstić information content (AvgIpc) is 3.75. The van der Waals surface area contributed by atoms with Gasteiger partial charge in [-0.05, 0) is 109 Å². The molecule has 10 rings (SSSR count). The molecule has 0 saturated heterocycles. The second kappa shape index (κ2) is 13.1. The molecule has 4 heterocycles. The van der Waals surface area contributed by atoms with Crippen LogP contribution in [0.25, 0.3) is 54.5 Å². The number of hydrogen-bond donors (Lipinski definition) is 0. The van der Waals surface area contributed by atoms with Crippen LogP contribution in [0, 0.1) is 0 Å². The molecule has 0 aliphatic carbocycles. The van der Waals surface area contributed by atoms with Crippen molar-refractivity contribution < 1.29 is 0 Å².